The normalized spacial score (nSPS) is 12.0. The predicted molar refractivity (Wildman–Crippen MR) is 95.8 cm³/mol. The van der Waals surface area contributed by atoms with E-state index in [2.05, 4.69) is 10.6 Å². The molecule has 136 valence electrons. The Hall–Kier alpha value is -2.83. The van der Waals surface area contributed by atoms with Gasteiger partial charge in [0.15, 0.2) is 0 Å². The second-order valence-electron chi connectivity index (χ2n) is 6.36. The number of allylic oxidation sites excluding steroid dienone is 1. The Kier molecular flexibility index (Phi) is 7.65. The molecule has 25 heavy (non-hydrogen) atoms. The lowest BCUT2D eigenvalue weighted by molar-refractivity contribution is -0.132. The molecule has 7 heteroatoms. The number of benzene rings is 1. The van der Waals surface area contributed by atoms with Crippen molar-refractivity contribution >= 4 is 18.3 Å². The zero-order valence-corrected chi connectivity index (χ0v) is 14.8. The van der Waals surface area contributed by atoms with E-state index in [1.165, 1.54) is 0 Å². The van der Waals surface area contributed by atoms with Gasteiger partial charge in [-0.15, -0.1) is 0 Å². The van der Waals surface area contributed by atoms with Crippen molar-refractivity contribution in [3.8, 4) is 0 Å². The maximum absolute atomic E-state index is 11.6. The van der Waals surface area contributed by atoms with Crippen molar-refractivity contribution in [2.75, 3.05) is 13.1 Å². The highest BCUT2D eigenvalue weighted by Crippen LogP contribution is 2.10. The largest absolute Gasteiger partial charge is 0.478 e. The summed E-state index contributed by atoms with van der Waals surface area (Å²) in [6.45, 7) is 5.89. The average Bonchev–Trinajstić information content (AvgIpc) is 2.51. The average molecular weight is 347 g/mol. The van der Waals surface area contributed by atoms with Gasteiger partial charge in [-0.3, -0.25) is 0 Å². The van der Waals surface area contributed by atoms with Crippen LogP contribution in [0.1, 0.15) is 26.3 Å². The Bertz CT molecular complexity index is 633. The van der Waals surface area contributed by atoms with Gasteiger partial charge in [-0.1, -0.05) is 30.3 Å². The Morgan fingerprint density at radius 3 is 2.28 bits per heavy atom. The van der Waals surface area contributed by atoms with Crippen LogP contribution in [0.3, 0.4) is 0 Å². The Labute approximate surface area is 147 Å². The molecule has 1 rings (SSSR count). The fourth-order valence-electron chi connectivity index (χ4n) is 2.02. The highest BCUT2D eigenvalue weighted by Gasteiger charge is 2.16. The Morgan fingerprint density at radius 1 is 1.16 bits per heavy atom. The fourth-order valence-corrected chi connectivity index (χ4v) is 2.02. The summed E-state index contributed by atoms with van der Waals surface area (Å²) in [5.74, 6) is -1.17. The molecule has 0 heterocycles. The van der Waals surface area contributed by atoms with Gasteiger partial charge < -0.3 is 25.9 Å². The number of hydrogen-bond acceptors (Lipinski definition) is 5. The second kappa shape index (κ2) is 9.46. The number of aliphatic carboxylic acids is 1. The van der Waals surface area contributed by atoms with Crippen LogP contribution in [0, 0.1) is 5.41 Å². The first kappa shape index (κ1) is 20.2. The van der Waals surface area contributed by atoms with Gasteiger partial charge in [-0.05, 0) is 26.3 Å². The first-order valence-corrected chi connectivity index (χ1v) is 7.94. The van der Waals surface area contributed by atoms with E-state index in [9.17, 15) is 14.7 Å². The monoisotopic (exact) mass is 347 g/mol. The number of hydrogen-bond donors (Lipinski definition) is 4. The van der Waals surface area contributed by atoms with E-state index in [0.717, 1.165) is 11.8 Å². The lowest BCUT2D eigenvalue weighted by atomic mass is 10.1. The van der Waals surface area contributed by atoms with E-state index in [-0.39, 0.29) is 12.1 Å². The van der Waals surface area contributed by atoms with E-state index in [4.69, 9.17) is 10.1 Å². The van der Waals surface area contributed by atoms with Gasteiger partial charge in [0.25, 0.3) is 0 Å². The number of alkyl carbamates (subject to hydrolysis) is 1. The molecule has 0 saturated carbocycles. The quantitative estimate of drug-likeness (QED) is 0.328. The molecule has 1 aromatic rings. The van der Waals surface area contributed by atoms with Crippen LogP contribution in [-0.2, 0) is 16.0 Å². The number of nitrogens with one attached hydrogen (secondary N) is 3. The first-order valence-electron chi connectivity index (χ1n) is 7.94. The number of rotatable bonds is 8. The van der Waals surface area contributed by atoms with Crippen molar-refractivity contribution in [2.45, 2.75) is 32.8 Å². The summed E-state index contributed by atoms with van der Waals surface area (Å²) < 4.78 is 5.13. The van der Waals surface area contributed by atoms with Crippen LogP contribution in [-0.4, -0.2) is 42.1 Å². The van der Waals surface area contributed by atoms with Crippen LogP contribution in [0.5, 0.6) is 0 Å². The molecule has 0 unspecified atom stereocenters. The third-order valence-corrected chi connectivity index (χ3v) is 3.06. The summed E-state index contributed by atoms with van der Waals surface area (Å²) >= 11 is 0. The minimum atomic E-state index is -1.17. The number of carboxylic acid groups (broad SMARTS) is 1. The molecular weight excluding hydrogens is 322 g/mol. The van der Waals surface area contributed by atoms with Crippen LogP contribution >= 0.6 is 0 Å². The van der Waals surface area contributed by atoms with Gasteiger partial charge in [-0.25, -0.2) is 9.59 Å². The minimum absolute atomic E-state index is 0.110. The fraction of sp³-hybridized carbons (Fsp3) is 0.389. The summed E-state index contributed by atoms with van der Waals surface area (Å²) in [5, 5.41) is 22.2. The van der Waals surface area contributed by atoms with Crippen LogP contribution in [0.4, 0.5) is 4.79 Å². The predicted octanol–water partition coefficient (Wildman–Crippen LogP) is 2.33. The van der Waals surface area contributed by atoms with Gasteiger partial charge in [0.05, 0.1) is 5.57 Å². The molecule has 0 radical (unpaired) electrons. The molecule has 0 saturated heterocycles. The van der Waals surface area contributed by atoms with Crippen molar-refractivity contribution < 1.29 is 19.4 Å². The van der Waals surface area contributed by atoms with Gasteiger partial charge in [0.2, 0.25) is 0 Å². The molecular formula is C18H25N3O4. The number of carboxylic acids is 1. The molecule has 0 aliphatic heterocycles. The molecule has 1 aromatic carbocycles. The van der Waals surface area contributed by atoms with E-state index in [1.807, 2.05) is 30.3 Å². The SMILES string of the molecule is CC(C)(C)OC(=O)NCCN/C(Cc1ccccc1)=C(\C=N)C(=O)O. The highest BCUT2D eigenvalue weighted by atomic mass is 16.6. The topological polar surface area (TPSA) is 112 Å². The van der Waals surface area contributed by atoms with Crippen LogP contribution in [0.25, 0.3) is 0 Å². The number of carbonyl (C=O) groups excluding carboxylic acids is 1. The van der Waals surface area contributed by atoms with Crippen LogP contribution in [0.15, 0.2) is 41.6 Å². The number of carbonyl (C=O) groups is 2. The molecule has 0 bridgehead atoms. The molecule has 0 fully saturated rings. The molecule has 0 aromatic heterocycles. The molecule has 0 aliphatic carbocycles. The number of amides is 1. The van der Waals surface area contributed by atoms with Crippen molar-refractivity contribution in [3.05, 3.63) is 47.2 Å². The Balaban J connectivity index is 2.68. The summed E-state index contributed by atoms with van der Waals surface area (Å²) in [4.78, 5) is 22.9. The van der Waals surface area contributed by atoms with Gasteiger partial charge in [0, 0.05) is 31.4 Å². The van der Waals surface area contributed by atoms with Gasteiger partial charge in [-0.2, -0.15) is 0 Å². The zero-order chi connectivity index (χ0) is 18.9. The number of ether oxygens (including phenoxy) is 1. The maximum Gasteiger partial charge on any atom is 0.407 e. The van der Waals surface area contributed by atoms with E-state index < -0.39 is 17.7 Å². The lowest BCUT2D eigenvalue weighted by Gasteiger charge is -2.20. The second-order valence-corrected chi connectivity index (χ2v) is 6.36. The minimum Gasteiger partial charge on any atom is -0.478 e. The summed E-state index contributed by atoms with van der Waals surface area (Å²) in [7, 11) is 0. The maximum atomic E-state index is 11.6. The van der Waals surface area contributed by atoms with Crippen molar-refractivity contribution in [1.29, 1.82) is 5.41 Å². The van der Waals surface area contributed by atoms with E-state index >= 15 is 0 Å². The van der Waals surface area contributed by atoms with Crippen LogP contribution in [0.2, 0.25) is 0 Å². The van der Waals surface area contributed by atoms with Gasteiger partial charge in [0.1, 0.15) is 5.60 Å². The lowest BCUT2D eigenvalue weighted by Crippen LogP contribution is -2.36. The smallest absolute Gasteiger partial charge is 0.407 e. The van der Waals surface area contributed by atoms with E-state index in [0.29, 0.717) is 18.7 Å². The molecule has 7 nitrogen and oxygen atoms in total. The Morgan fingerprint density at radius 2 is 1.76 bits per heavy atom. The van der Waals surface area contributed by atoms with Crippen molar-refractivity contribution in [1.82, 2.24) is 10.6 Å². The third kappa shape index (κ3) is 8.01. The molecule has 0 spiro atoms. The summed E-state index contributed by atoms with van der Waals surface area (Å²) in [5.41, 5.74) is 0.651. The highest BCUT2D eigenvalue weighted by molar-refractivity contribution is 6.08. The molecule has 0 aliphatic rings. The molecule has 1 amide bonds. The van der Waals surface area contributed by atoms with E-state index in [1.54, 1.807) is 20.8 Å². The van der Waals surface area contributed by atoms with Gasteiger partial charge >= 0.3 is 12.1 Å². The van der Waals surface area contributed by atoms with Crippen LogP contribution < -0.4 is 10.6 Å². The first-order chi connectivity index (χ1) is 11.7. The standard InChI is InChI=1S/C18H25N3O4/c1-18(2,3)25-17(24)21-10-9-20-15(14(12-19)16(22)23)11-13-7-5-4-6-8-13/h4-8,12,19-20H,9-11H2,1-3H3,(H,21,24)(H,22,23)/b15-14+,19-12?. The zero-order valence-electron chi connectivity index (χ0n) is 14.8. The summed E-state index contributed by atoms with van der Waals surface area (Å²) in [6, 6.07) is 9.36. The van der Waals surface area contributed by atoms with Crippen molar-refractivity contribution in [3.63, 3.8) is 0 Å². The third-order valence-electron chi connectivity index (χ3n) is 3.06. The molecule has 0 atom stereocenters. The molecule has 4 N–H and O–H groups in total. The van der Waals surface area contributed by atoms with Crippen molar-refractivity contribution in [2.24, 2.45) is 0 Å². The summed E-state index contributed by atoms with van der Waals surface area (Å²) in [6.07, 6.45) is 0.632.